The van der Waals surface area contributed by atoms with Crippen LogP contribution >= 0.6 is 15.9 Å². The number of nitrogens with zero attached hydrogens (tertiary/aromatic N) is 2. The lowest BCUT2D eigenvalue weighted by atomic mass is 10.1. The first-order valence-electron chi connectivity index (χ1n) is 6.61. The average molecular weight is 349 g/mol. The summed E-state index contributed by atoms with van der Waals surface area (Å²) in [7, 11) is 1.78. The van der Waals surface area contributed by atoms with Gasteiger partial charge in [0.25, 0.3) is 0 Å². The molecule has 0 saturated carbocycles. The number of halogens is 2. The highest BCUT2D eigenvalue weighted by Crippen LogP contribution is 2.30. The molecular formula is C16H14BrFN2O. The second kappa shape index (κ2) is 5.48. The average Bonchev–Trinajstić information content (AvgIpc) is 2.46. The highest BCUT2D eigenvalue weighted by atomic mass is 79.9. The van der Waals surface area contributed by atoms with Crippen molar-refractivity contribution >= 4 is 27.6 Å². The Hall–Kier alpha value is -1.88. The maximum absolute atomic E-state index is 13.2. The minimum atomic E-state index is -0.298. The SMILES string of the molecule is CN1Cc2ccccc2N(Cc2ccc(F)cc2Br)C1=O. The number of benzene rings is 2. The summed E-state index contributed by atoms with van der Waals surface area (Å²) in [5, 5.41) is 0. The molecule has 1 aliphatic rings. The van der Waals surface area contributed by atoms with E-state index in [1.54, 1.807) is 22.9 Å². The minimum absolute atomic E-state index is 0.0510. The van der Waals surface area contributed by atoms with E-state index in [0.29, 0.717) is 17.6 Å². The van der Waals surface area contributed by atoms with Gasteiger partial charge in [0.05, 0.1) is 12.2 Å². The summed E-state index contributed by atoms with van der Waals surface area (Å²) >= 11 is 3.36. The first-order chi connectivity index (χ1) is 10.1. The van der Waals surface area contributed by atoms with Crippen molar-refractivity contribution in [2.24, 2.45) is 0 Å². The van der Waals surface area contributed by atoms with Crippen molar-refractivity contribution in [2.45, 2.75) is 13.1 Å². The summed E-state index contributed by atoms with van der Waals surface area (Å²) < 4.78 is 13.9. The van der Waals surface area contributed by atoms with Crippen LogP contribution in [0.15, 0.2) is 46.9 Å². The monoisotopic (exact) mass is 348 g/mol. The Morgan fingerprint density at radius 3 is 2.76 bits per heavy atom. The molecule has 0 spiro atoms. The van der Waals surface area contributed by atoms with Gasteiger partial charge in [0.1, 0.15) is 5.82 Å². The molecule has 0 saturated heterocycles. The summed E-state index contributed by atoms with van der Waals surface area (Å²) in [5.74, 6) is -0.298. The van der Waals surface area contributed by atoms with Crippen molar-refractivity contribution < 1.29 is 9.18 Å². The van der Waals surface area contributed by atoms with Crippen molar-refractivity contribution in [2.75, 3.05) is 11.9 Å². The zero-order chi connectivity index (χ0) is 15.0. The van der Waals surface area contributed by atoms with Crippen LogP contribution in [0.5, 0.6) is 0 Å². The van der Waals surface area contributed by atoms with E-state index in [2.05, 4.69) is 15.9 Å². The van der Waals surface area contributed by atoms with Crippen LogP contribution in [0.1, 0.15) is 11.1 Å². The van der Waals surface area contributed by atoms with Crippen molar-refractivity contribution in [1.29, 1.82) is 0 Å². The Morgan fingerprint density at radius 2 is 2.00 bits per heavy atom. The zero-order valence-corrected chi connectivity index (χ0v) is 13.1. The van der Waals surface area contributed by atoms with Crippen LogP contribution in [0.25, 0.3) is 0 Å². The predicted octanol–water partition coefficient (Wildman–Crippen LogP) is 4.16. The molecule has 21 heavy (non-hydrogen) atoms. The van der Waals surface area contributed by atoms with E-state index >= 15 is 0 Å². The van der Waals surface area contributed by atoms with E-state index in [0.717, 1.165) is 16.8 Å². The van der Waals surface area contributed by atoms with E-state index in [1.165, 1.54) is 12.1 Å². The molecule has 5 heteroatoms. The van der Waals surface area contributed by atoms with Crippen LogP contribution in [-0.2, 0) is 13.1 Å². The number of para-hydroxylation sites is 1. The van der Waals surface area contributed by atoms with Gasteiger partial charge in [0.15, 0.2) is 0 Å². The fraction of sp³-hybridized carbons (Fsp3) is 0.188. The third kappa shape index (κ3) is 2.65. The number of anilines is 1. The number of carbonyl (C=O) groups excluding carboxylic acids is 1. The lowest BCUT2D eigenvalue weighted by Gasteiger charge is -2.35. The third-order valence-corrected chi connectivity index (χ3v) is 4.33. The highest BCUT2D eigenvalue weighted by molar-refractivity contribution is 9.10. The molecule has 2 aromatic rings. The Morgan fingerprint density at radius 1 is 1.24 bits per heavy atom. The normalized spacial score (nSPS) is 14.3. The number of hydrogen-bond donors (Lipinski definition) is 0. The molecule has 3 rings (SSSR count). The molecule has 1 heterocycles. The zero-order valence-electron chi connectivity index (χ0n) is 11.5. The van der Waals surface area contributed by atoms with Gasteiger partial charge >= 0.3 is 6.03 Å². The molecule has 0 N–H and O–H groups in total. The fourth-order valence-electron chi connectivity index (χ4n) is 2.51. The molecule has 0 bridgehead atoms. The lowest BCUT2D eigenvalue weighted by Crippen LogP contribution is -2.44. The number of urea groups is 1. The molecule has 2 aromatic carbocycles. The number of hydrogen-bond acceptors (Lipinski definition) is 1. The van der Waals surface area contributed by atoms with Gasteiger partial charge in [-0.1, -0.05) is 40.2 Å². The van der Waals surface area contributed by atoms with E-state index in [1.807, 2.05) is 24.3 Å². The largest absolute Gasteiger partial charge is 0.324 e. The molecule has 108 valence electrons. The van der Waals surface area contributed by atoms with Gasteiger partial charge in [-0.3, -0.25) is 4.90 Å². The van der Waals surface area contributed by atoms with E-state index < -0.39 is 0 Å². The first kappa shape index (κ1) is 14.1. The van der Waals surface area contributed by atoms with Crippen LogP contribution in [0.2, 0.25) is 0 Å². The smallest absolute Gasteiger partial charge is 0.323 e. The Balaban J connectivity index is 1.99. The van der Waals surface area contributed by atoms with Crippen LogP contribution in [0, 0.1) is 5.82 Å². The van der Waals surface area contributed by atoms with Gasteiger partial charge < -0.3 is 4.90 Å². The van der Waals surface area contributed by atoms with Gasteiger partial charge in [-0.25, -0.2) is 9.18 Å². The Kier molecular flexibility index (Phi) is 3.68. The molecule has 0 aliphatic carbocycles. The maximum atomic E-state index is 13.2. The van der Waals surface area contributed by atoms with Crippen molar-refractivity contribution in [3.63, 3.8) is 0 Å². The van der Waals surface area contributed by atoms with Crippen molar-refractivity contribution in [3.05, 3.63) is 63.9 Å². The van der Waals surface area contributed by atoms with Crippen LogP contribution < -0.4 is 4.90 Å². The van der Waals surface area contributed by atoms with Gasteiger partial charge in [0.2, 0.25) is 0 Å². The molecule has 0 fully saturated rings. The topological polar surface area (TPSA) is 23.6 Å². The lowest BCUT2D eigenvalue weighted by molar-refractivity contribution is 0.210. The van der Waals surface area contributed by atoms with Crippen LogP contribution in [0.4, 0.5) is 14.9 Å². The summed E-state index contributed by atoms with van der Waals surface area (Å²) in [4.78, 5) is 15.8. The summed E-state index contributed by atoms with van der Waals surface area (Å²) in [6, 6.07) is 12.3. The van der Waals surface area contributed by atoms with E-state index in [4.69, 9.17) is 0 Å². The van der Waals surface area contributed by atoms with E-state index in [-0.39, 0.29) is 11.8 Å². The Labute approximate surface area is 131 Å². The first-order valence-corrected chi connectivity index (χ1v) is 7.40. The van der Waals surface area contributed by atoms with Crippen LogP contribution in [0.3, 0.4) is 0 Å². The predicted molar refractivity (Wildman–Crippen MR) is 83.6 cm³/mol. The summed E-state index contributed by atoms with van der Waals surface area (Å²) in [6.07, 6.45) is 0. The molecule has 3 nitrogen and oxygen atoms in total. The minimum Gasteiger partial charge on any atom is -0.323 e. The molecule has 2 amide bonds. The number of amides is 2. The van der Waals surface area contributed by atoms with Crippen LogP contribution in [-0.4, -0.2) is 18.0 Å². The van der Waals surface area contributed by atoms with Gasteiger partial charge in [-0.05, 0) is 29.3 Å². The molecule has 0 aromatic heterocycles. The fourth-order valence-corrected chi connectivity index (χ4v) is 2.99. The third-order valence-electron chi connectivity index (χ3n) is 3.59. The second-order valence-electron chi connectivity index (χ2n) is 5.09. The standard InChI is InChI=1S/C16H14BrFN2O/c1-19-9-12-4-2-3-5-15(12)20(16(19)21)10-11-6-7-13(18)8-14(11)17/h2-8H,9-10H2,1H3. The number of rotatable bonds is 2. The van der Waals surface area contributed by atoms with Crippen molar-refractivity contribution in [1.82, 2.24) is 4.90 Å². The molecule has 0 radical (unpaired) electrons. The molecular weight excluding hydrogens is 335 g/mol. The molecule has 1 aliphatic heterocycles. The van der Waals surface area contributed by atoms with E-state index in [9.17, 15) is 9.18 Å². The van der Waals surface area contributed by atoms with Crippen molar-refractivity contribution in [3.8, 4) is 0 Å². The number of fused-ring (bicyclic) bond motifs is 1. The Bertz CT molecular complexity index is 704. The summed E-state index contributed by atoms with van der Waals surface area (Å²) in [5.41, 5.74) is 2.89. The molecule has 0 unspecified atom stereocenters. The second-order valence-corrected chi connectivity index (χ2v) is 5.94. The molecule has 0 atom stereocenters. The van der Waals surface area contributed by atoms with Gasteiger partial charge in [-0.15, -0.1) is 0 Å². The maximum Gasteiger partial charge on any atom is 0.324 e. The van der Waals surface area contributed by atoms with Gasteiger partial charge in [-0.2, -0.15) is 0 Å². The highest BCUT2D eigenvalue weighted by Gasteiger charge is 2.28. The quantitative estimate of drug-likeness (QED) is 0.799. The number of carbonyl (C=O) groups is 1. The summed E-state index contributed by atoms with van der Waals surface area (Å²) in [6.45, 7) is 1.01. The van der Waals surface area contributed by atoms with Gasteiger partial charge in [0, 0.05) is 18.1 Å².